The Morgan fingerprint density at radius 1 is 1.16 bits per heavy atom. The molecule has 9 heteroatoms. The first kappa shape index (κ1) is 23.2. The Bertz CT molecular complexity index is 1040. The van der Waals surface area contributed by atoms with E-state index in [1.165, 1.54) is 6.92 Å². The molecule has 6 nitrogen and oxygen atoms in total. The maximum absolute atomic E-state index is 11.5. The molecule has 2 aromatic carbocycles. The van der Waals surface area contributed by atoms with Gasteiger partial charge < -0.3 is 20.9 Å². The van der Waals surface area contributed by atoms with E-state index in [0.29, 0.717) is 34.7 Å². The van der Waals surface area contributed by atoms with Gasteiger partial charge in [0.05, 0.1) is 33.5 Å². The quantitative estimate of drug-likeness (QED) is 0.562. The predicted molar refractivity (Wildman–Crippen MR) is 134 cm³/mol. The van der Waals surface area contributed by atoms with Crippen molar-refractivity contribution in [2.24, 2.45) is 4.99 Å². The van der Waals surface area contributed by atoms with Gasteiger partial charge in [-0.3, -0.25) is 9.79 Å². The van der Waals surface area contributed by atoms with Crippen LogP contribution < -0.4 is 20.9 Å². The highest BCUT2D eigenvalue weighted by Gasteiger charge is 2.44. The lowest BCUT2D eigenvalue weighted by atomic mass is 9.83. The summed E-state index contributed by atoms with van der Waals surface area (Å²) < 4.78 is 0. The zero-order chi connectivity index (χ0) is 22.7. The summed E-state index contributed by atoms with van der Waals surface area (Å²) in [6.07, 6.45) is 1.75. The molecule has 1 spiro atoms. The van der Waals surface area contributed by atoms with E-state index in [1.807, 2.05) is 36.4 Å². The van der Waals surface area contributed by atoms with Crippen molar-refractivity contribution in [3.8, 4) is 0 Å². The van der Waals surface area contributed by atoms with Crippen molar-refractivity contribution in [3.05, 3.63) is 57.0 Å². The number of carbonyl (C=O) groups is 1. The van der Waals surface area contributed by atoms with Gasteiger partial charge in [0.25, 0.3) is 0 Å². The lowest BCUT2D eigenvalue weighted by molar-refractivity contribution is -0.118. The third-order valence-corrected chi connectivity index (χ3v) is 6.81. The van der Waals surface area contributed by atoms with E-state index in [4.69, 9.17) is 39.8 Å². The molecule has 0 aromatic heterocycles. The summed E-state index contributed by atoms with van der Waals surface area (Å²) in [5, 5.41) is 11.7. The number of piperidine rings is 1. The molecule has 1 saturated heterocycles. The van der Waals surface area contributed by atoms with Crippen LogP contribution in [0.25, 0.3) is 0 Å². The van der Waals surface area contributed by atoms with Crippen LogP contribution in [0, 0.1) is 0 Å². The standard InChI is InChI=1S/C23H26Cl3N5O/c1-15(32)28-9-10-31-21-13-19(26)18(25)12-20(21)30-23(5-7-27-8-6-23)22(31)29-14-16-3-2-4-17(24)11-16/h2-4,11-13,27,30H,5-10,14H2,1H3,(H,28,32). The Hall–Kier alpha value is -1.99. The number of aliphatic imine (C=N–C) groups is 1. The van der Waals surface area contributed by atoms with E-state index < -0.39 is 0 Å². The third-order valence-electron chi connectivity index (χ3n) is 5.85. The minimum atomic E-state index is -0.343. The van der Waals surface area contributed by atoms with Crippen LogP contribution in [0.5, 0.6) is 0 Å². The van der Waals surface area contributed by atoms with Crippen molar-refractivity contribution in [1.82, 2.24) is 10.6 Å². The van der Waals surface area contributed by atoms with Gasteiger partial charge in [-0.25, -0.2) is 0 Å². The summed E-state index contributed by atoms with van der Waals surface area (Å²) in [6.45, 7) is 4.82. The number of amides is 1. The molecule has 0 saturated carbocycles. The number of hydrogen-bond donors (Lipinski definition) is 3. The SMILES string of the molecule is CC(=O)NCCN1C(=NCc2cccc(Cl)c2)C2(CCNCC2)Nc2cc(Cl)c(Cl)cc21. The van der Waals surface area contributed by atoms with Gasteiger partial charge in [-0.05, 0) is 55.8 Å². The third kappa shape index (κ3) is 4.99. The largest absolute Gasteiger partial charge is 0.371 e. The van der Waals surface area contributed by atoms with Gasteiger partial charge in [-0.15, -0.1) is 0 Å². The Morgan fingerprint density at radius 3 is 2.62 bits per heavy atom. The van der Waals surface area contributed by atoms with Gasteiger partial charge in [-0.2, -0.15) is 0 Å². The molecule has 0 atom stereocenters. The van der Waals surface area contributed by atoms with Crippen molar-refractivity contribution < 1.29 is 4.79 Å². The molecule has 0 aliphatic carbocycles. The van der Waals surface area contributed by atoms with Crippen LogP contribution in [0.15, 0.2) is 41.4 Å². The first-order chi connectivity index (χ1) is 15.4. The second-order valence-corrected chi connectivity index (χ2v) is 9.40. The van der Waals surface area contributed by atoms with E-state index in [1.54, 1.807) is 0 Å². The van der Waals surface area contributed by atoms with Gasteiger partial charge in [-0.1, -0.05) is 46.9 Å². The second kappa shape index (κ2) is 9.87. The maximum atomic E-state index is 11.5. The number of nitrogens with zero attached hydrogens (tertiary/aromatic N) is 2. The van der Waals surface area contributed by atoms with E-state index in [0.717, 1.165) is 48.7 Å². The van der Waals surface area contributed by atoms with Crippen molar-refractivity contribution in [2.75, 3.05) is 36.4 Å². The van der Waals surface area contributed by atoms with Crippen molar-refractivity contribution in [3.63, 3.8) is 0 Å². The average molecular weight is 495 g/mol. The summed E-state index contributed by atoms with van der Waals surface area (Å²) in [5.41, 5.74) is 2.52. The monoisotopic (exact) mass is 493 g/mol. The first-order valence-corrected chi connectivity index (χ1v) is 11.8. The van der Waals surface area contributed by atoms with Crippen LogP contribution in [0.1, 0.15) is 25.3 Å². The van der Waals surface area contributed by atoms with Crippen molar-refractivity contribution in [1.29, 1.82) is 0 Å². The smallest absolute Gasteiger partial charge is 0.216 e. The van der Waals surface area contributed by atoms with Crippen LogP contribution in [0.4, 0.5) is 11.4 Å². The summed E-state index contributed by atoms with van der Waals surface area (Å²) in [7, 11) is 0. The van der Waals surface area contributed by atoms with Crippen molar-refractivity contribution in [2.45, 2.75) is 31.8 Å². The number of amidine groups is 1. The number of fused-ring (bicyclic) bond motifs is 1. The van der Waals surface area contributed by atoms with E-state index >= 15 is 0 Å². The molecule has 0 bridgehead atoms. The summed E-state index contributed by atoms with van der Waals surface area (Å²) in [5.74, 6) is 0.874. The van der Waals surface area contributed by atoms with Crippen LogP contribution in [-0.4, -0.2) is 43.5 Å². The van der Waals surface area contributed by atoms with Gasteiger partial charge in [0.15, 0.2) is 0 Å². The fraction of sp³-hybridized carbons (Fsp3) is 0.391. The minimum absolute atomic E-state index is 0.0662. The fourth-order valence-corrected chi connectivity index (χ4v) is 4.89. The Kier molecular flexibility index (Phi) is 7.15. The Morgan fingerprint density at radius 2 is 1.91 bits per heavy atom. The molecular formula is C23H26Cl3N5O. The van der Waals surface area contributed by atoms with Crippen molar-refractivity contribution >= 4 is 57.9 Å². The molecule has 2 aliphatic heterocycles. The first-order valence-electron chi connectivity index (χ1n) is 10.7. The Balaban J connectivity index is 1.78. The molecule has 3 N–H and O–H groups in total. The molecule has 1 amide bonds. The molecule has 0 radical (unpaired) electrons. The Labute approximate surface area is 203 Å². The van der Waals surface area contributed by atoms with Gasteiger partial charge >= 0.3 is 0 Å². The number of benzene rings is 2. The van der Waals surface area contributed by atoms with E-state index in [9.17, 15) is 4.79 Å². The molecular weight excluding hydrogens is 469 g/mol. The molecule has 1 fully saturated rings. The topological polar surface area (TPSA) is 68.8 Å². The van der Waals surface area contributed by atoms with E-state index in [-0.39, 0.29) is 11.4 Å². The highest BCUT2D eigenvalue weighted by Crippen LogP contribution is 2.43. The zero-order valence-corrected chi connectivity index (χ0v) is 20.1. The number of hydrogen-bond acceptors (Lipinski definition) is 4. The van der Waals surface area contributed by atoms with Crippen LogP contribution in [0.2, 0.25) is 15.1 Å². The maximum Gasteiger partial charge on any atom is 0.216 e. The number of halogens is 3. The van der Waals surface area contributed by atoms with E-state index in [2.05, 4.69) is 20.9 Å². The molecule has 0 unspecified atom stereocenters. The molecule has 32 heavy (non-hydrogen) atoms. The van der Waals surface area contributed by atoms with Gasteiger partial charge in [0.1, 0.15) is 5.84 Å². The summed E-state index contributed by atoms with van der Waals surface area (Å²) >= 11 is 18.9. The normalized spacial score (nSPS) is 18.4. The molecule has 170 valence electrons. The molecule has 4 rings (SSSR count). The number of carbonyl (C=O) groups excluding carboxylic acids is 1. The van der Waals surface area contributed by atoms with Gasteiger partial charge in [0.2, 0.25) is 5.91 Å². The summed E-state index contributed by atoms with van der Waals surface area (Å²) in [6, 6.07) is 11.5. The number of anilines is 2. The molecule has 2 aromatic rings. The highest BCUT2D eigenvalue weighted by molar-refractivity contribution is 6.42. The van der Waals surface area contributed by atoms with Crippen LogP contribution >= 0.6 is 34.8 Å². The number of rotatable bonds is 5. The zero-order valence-electron chi connectivity index (χ0n) is 17.9. The lowest BCUT2D eigenvalue weighted by Crippen LogP contribution is -2.62. The van der Waals surface area contributed by atoms with Crippen LogP contribution in [-0.2, 0) is 11.3 Å². The van der Waals surface area contributed by atoms with Crippen LogP contribution in [0.3, 0.4) is 0 Å². The second-order valence-electron chi connectivity index (χ2n) is 8.14. The number of nitrogens with one attached hydrogen (secondary N) is 3. The molecule has 2 heterocycles. The highest BCUT2D eigenvalue weighted by atomic mass is 35.5. The predicted octanol–water partition coefficient (Wildman–Crippen LogP) is 4.74. The molecule has 2 aliphatic rings. The van der Waals surface area contributed by atoms with Gasteiger partial charge in [0, 0.05) is 25.0 Å². The lowest BCUT2D eigenvalue weighted by Gasteiger charge is -2.49. The summed E-state index contributed by atoms with van der Waals surface area (Å²) in [4.78, 5) is 18.8. The fourth-order valence-electron chi connectivity index (χ4n) is 4.36. The average Bonchev–Trinajstić information content (AvgIpc) is 2.75. The minimum Gasteiger partial charge on any atom is -0.371 e.